The molecule has 3 aromatic carbocycles. The summed E-state index contributed by atoms with van der Waals surface area (Å²) in [4.78, 5) is 25.0. The van der Waals surface area contributed by atoms with E-state index >= 15 is 0 Å². The molecule has 0 aliphatic heterocycles. The number of anilines is 1. The first-order chi connectivity index (χ1) is 13.6. The van der Waals surface area contributed by atoms with Gasteiger partial charge in [0.15, 0.2) is 0 Å². The number of non-ortho nitro benzene ring substituents is 1. The van der Waals surface area contributed by atoms with Gasteiger partial charge in [0, 0.05) is 30.9 Å². The van der Waals surface area contributed by atoms with Crippen molar-refractivity contribution in [2.24, 2.45) is 0 Å². The van der Waals surface area contributed by atoms with Crippen molar-refractivity contribution in [3.05, 3.63) is 106 Å². The quantitative estimate of drug-likeness (QED) is 0.472. The minimum Gasteiger partial charge on any atom is -0.325 e. The van der Waals surface area contributed by atoms with E-state index in [0.29, 0.717) is 18.8 Å². The van der Waals surface area contributed by atoms with Crippen molar-refractivity contribution in [1.82, 2.24) is 4.90 Å². The van der Waals surface area contributed by atoms with E-state index in [9.17, 15) is 14.9 Å². The Morgan fingerprint density at radius 1 is 0.857 bits per heavy atom. The van der Waals surface area contributed by atoms with Gasteiger partial charge in [0.1, 0.15) is 0 Å². The number of hydrogen-bond donors (Lipinski definition) is 1. The van der Waals surface area contributed by atoms with Gasteiger partial charge >= 0.3 is 0 Å². The van der Waals surface area contributed by atoms with E-state index in [-0.39, 0.29) is 18.1 Å². The molecule has 28 heavy (non-hydrogen) atoms. The second-order valence-corrected chi connectivity index (χ2v) is 6.47. The number of nitro benzene ring substituents is 1. The van der Waals surface area contributed by atoms with Crippen LogP contribution >= 0.6 is 0 Å². The lowest BCUT2D eigenvalue weighted by molar-refractivity contribution is -0.384. The van der Waals surface area contributed by atoms with Crippen molar-refractivity contribution < 1.29 is 9.72 Å². The fourth-order valence-electron chi connectivity index (χ4n) is 2.95. The van der Waals surface area contributed by atoms with E-state index in [0.717, 1.165) is 11.1 Å². The molecule has 3 rings (SSSR count). The Kier molecular flexibility index (Phi) is 6.49. The molecular weight excluding hydrogens is 354 g/mol. The molecule has 0 aliphatic carbocycles. The van der Waals surface area contributed by atoms with Crippen molar-refractivity contribution in [3.8, 4) is 0 Å². The normalized spacial score (nSPS) is 10.6. The maximum absolute atomic E-state index is 12.6. The molecule has 0 heterocycles. The molecule has 6 heteroatoms. The van der Waals surface area contributed by atoms with E-state index < -0.39 is 4.92 Å². The third-order valence-corrected chi connectivity index (χ3v) is 4.21. The topological polar surface area (TPSA) is 75.5 Å². The van der Waals surface area contributed by atoms with Crippen LogP contribution in [0.4, 0.5) is 11.4 Å². The lowest BCUT2D eigenvalue weighted by atomic mass is 10.1. The van der Waals surface area contributed by atoms with Crippen LogP contribution < -0.4 is 5.32 Å². The van der Waals surface area contributed by atoms with Crippen molar-refractivity contribution in [3.63, 3.8) is 0 Å². The number of nitrogens with zero attached hydrogens (tertiary/aromatic N) is 2. The molecular formula is C22H21N3O3. The minimum absolute atomic E-state index is 0.0526. The highest BCUT2D eigenvalue weighted by molar-refractivity contribution is 5.92. The van der Waals surface area contributed by atoms with Crippen molar-refractivity contribution in [2.75, 3.05) is 11.9 Å². The van der Waals surface area contributed by atoms with Crippen molar-refractivity contribution in [1.29, 1.82) is 0 Å². The van der Waals surface area contributed by atoms with Gasteiger partial charge in [0.05, 0.1) is 11.5 Å². The number of benzene rings is 3. The molecule has 0 unspecified atom stereocenters. The molecule has 142 valence electrons. The second-order valence-electron chi connectivity index (χ2n) is 6.47. The minimum atomic E-state index is -0.479. The van der Waals surface area contributed by atoms with E-state index in [2.05, 4.69) is 5.32 Å². The van der Waals surface area contributed by atoms with Gasteiger partial charge in [0.25, 0.3) is 5.69 Å². The van der Waals surface area contributed by atoms with E-state index in [1.165, 1.54) is 12.1 Å². The summed E-state index contributed by atoms with van der Waals surface area (Å²) in [6, 6.07) is 25.9. The fourth-order valence-corrected chi connectivity index (χ4v) is 2.95. The third kappa shape index (κ3) is 5.75. The summed E-state index contributed by atoms with van der Waals surface area (Å²) in [6.45, 7) is 1.42. The first kappa shape index (κ1) is 19.3. The van der Waals surface area contributed by atoms with Crippen LogP contribution in [0.2, 0.25) is 0 Å². The number of nitrogens with one attached hydrogen (secondary N) is 1. The SMILES string of the molecule is O=C(CN(Cc1ccccc1)Cc1ccccc1)Nc1cccc([N+](=O)[O-])c1. The molecule has 1 amide bonds. The summed E-state index contributed by atoms with van der Waals surface area (Å²) in [7, 11) is 0. The van der Waals surface area contributed by atoms with Gasteiger partial charge < -0.3 is 5.32 Å². The molecule has 0 bridgehead atoms. The molecule has 0 saturated heterocycles. The average molecular weight is 375 g/mol. The van der Waals surface area contributed by atoms with Crippen LogP contribution in [-0.2, 0) is 17.9 Å². The molecule has 0 spiro atoms. The zero-order valence-electron chi connectivity index (χ0n) is 15.3. The average Bonchev–Trinajstić information content (AvgIpc) is 2.69. The first-order valence-corrected chi connectivity index (χ1v) is 8.94. The summed E-state index contributed by atoms with van der Waals surface area (Å²) in [5, 5.41) is 13.7. The highest BCUT2D eigenvalue weighted by Gasteiger charge is 2.14. The number of nitro groups is 1. The van der Waals surface area contributed by atoms with Gasteiger partial charge in [-0.05, 0) is 17.2 Å². The summed E-state index contributed by atoms with van der Waals surface area (Å²) in [6.07, 6.45) is 0. The monoisotopic (exact) mass is 375 g/mol. The molecule has 0 atom stereocenters. The van der Waals surface area contributed by atoms with Gasteiger partial charge in [-0.25, -0.2) is 0 Å². The Hall–Kier alpha value is -3.51. The summed E-state index contributed by atoms with van der Waals surface area (Å²) >= 11 is 0. The van der Waals surface area contributed by atoms with Crippen LogP contribution in [0.3, 0.4) is 0 Å². The molecule has 0 saturated carbocycles. The molecule has 3 aromatic rings. The van der Waals surface area contributed by atoms with Crippen LogP contribution in [0.5, 0.6) is 0 Å². The van der Waals surface area contributed by atoms with Crippen LogP contribution in [0.1, 0.15) is 11.1 Å². The lowest BCUT2D eigenvalue weighted by Crippen LogP contribution is -2.32. The van der Waals surface area contributed by atoms with E-state index in [1.54, 1.807) is 12.1 Å². The highest BCUT2D eigenvalue weighted by atomic mass is 16.6. The molecule has 0 aliphatic rings. The Labute approximate surface area is 163 Å². The highest BCUT2D eigenvalue weighted by Crippen LogP contribution is 2.17. The maximum Gasteiger partial charge on any atom is 0.271 e. The summed E-state index contributed by atoms with van der Waals surface area (Å²) in [5.41, 5.74) is 2.59. The molecule has 0 radical (unpaired) electrons. The third-order valence-electron chi connectivity index (χ3n) is 4.21. The molecule has 1 N–H and O–H groups in total. The summed E-state index contributed by atoms with van der Waals surface area (Å²) < 4.78 is 0. The molecule has 0 fully saturated rings. The number of amides is 1. The Morgan fingerprint density at radius 2 is 1.43 bits per heavy atom. The number of rotatable bonds is 8. The fraction of sp³-hybridized carbons (Fsp3) is 0.136. The van der Waals surface area contributed by atoms with Gasteiger partial charge in [-0.1, -0.05) is 66.7 Å². The first-order valence-electron chi connectivity index (χ1n) is 8.94. The van der Waals surface area contributed by atoms with Gasteiger partial charge in [-0.15, -0.1) is 0 Å². The maximum atomic E-state index is 12.6. The van der Waals surface area contributed by atoms with E-state index in [1.807, 2.05) is 65.6 Å². The van der Waals surface area contributed by atoms with Crippen LogP contribution in [-0.4, -0.2) is 22.3 Å². The predicted molar refractivity (Wildman–Crippen MR) is 109 cm³/mol. The smallest absolute Gasteiger partial charge is 0.271 e. The molecule has 6 nitrogen and oxygen atoms in total. The largest absolute Gasteiger partial charge is 0.325 e. The second kappa shape index (κ2) is 9.43. The number of carbonyl (C=O) groups excluding carboxylic acids is 1. The lowest BCUT2D eigenvalue weighted by Gasteiger charge is -2.22. The molecule has 0 aromatic heterocycles. The Balaban J connectivity index is 1.69. The van der Waals surface area contributed by atoms with Gasteiger partial charge in [-0.2, -0.15) is 0 Å². The van der Waals surface area contributed by atoms with Crippen LogP contribution in [0.15, 0.2) is 84.9 Å². The standard InChI is InChI=1S/C22H21N3O3/c26-22(23-20-12-7-13-21(14-20)25(27)28)17-24(15-18-8-3-1-4-9-18)16-19-10-5-2-6-11-19/h1-14H,15-17H2,(H,23,26). The van der Waals surface area contributed by atoms with Crippen LogP contribution in [0.25, 0.3) is 0 Å². The Morgan fingerprint density at radius 3 is 1.96 bits per heavy atom. The zero-order chi connectivity index (χ0) is 19.8. The van der Waals surface area contributed by atoms with E-state index in [4.69, 9.17) is 0 Å². The van der Waals surface area contributed by atoms with Gasteiger partial charge in [0.2, 0.25) is 5.91 Å². The van der Waals surface area contributed by atoms with Crippen LogP contribution in [0, 0.1) is 10.1 Å². The van der Waals surface area contributed by atoms with Crippen molar-refractivity contribution >= 4 is 17.3 Å². The predicted octanol–water partition coefficient (Wildman–Crippen LogP) is 4.24. The number of carbonyl (C=O) groups is 1. The van der Waals surface area contributed by atoms with Gasteiger partial charge in [-0.3, -0.25) is 19.8 Å². The Bertz CT molecular complexity index is 889. The zero-order valence-corrected chi connectivity index (χ0v) is 15.3. The summed E-state index contributed by atoms with van der Waals surface area (Å²) in [5.74, 6) is -0.215. The van der Waals surface area contributed by atoms with Crippen molar-refractivity contribution in [2.45, 2.75) is 13.1 Å². The number of hydrogen-bond acceptors (Lipinski definition) is 4.